The predicted molar refractivity (Wildman–Crippen MR) is 93.2 cm³/mol. The summed E-state index contributed by atoms with van der Waals surface area (Å²) in [5.74, 6) is -1.01. The van der Waals surface area contributed by atoms with Crippen molar-refractivity contribution in [2.75, 3.05) is 0 Å². The van der Waals surface area contributed by atoms with Crippen LogP contribution in [0.15, 0.2) is 24.3 Å². The van der Waals surface area contributed by atoms with E-state index in [0.29, 0.717) is 0 Å². The van der Waals surface area contributed by atoms with Gasteiger partial charge in [-0.2, -0.15) is 13.2 Å². The molecule has 1 N–H and O–H groups in total. The number of sulfone groups is 1. The minimum Gasteiger partial charge on any atom is -0.352 e. The van der Waals surface area contributed by atoms with Gasteiger partial charge >= 0.3 is 6.18 Å². The monoisotopic (exact) mass is 391 g/mol. The molecule has 1 atom stereocenters. The summed E-state index contributed by atoms with van der Waals surface area (Å²) in [5, 5.41) is 1.57. The smallest absolute Gasteiger partial charge is 0.352 e. The molecule has 0 bridgehead atoms. The van der Waals surface area contributed by atoms with Crippen LogP contribution in [0, 0.1) is 0 Å². The normalized spacial score (nSPS) is 18.2. The van der Waals surface area contributed by atoms with Crippen molar-refractivity contribution in [3.63, 3.8) is 0 Å². The summed E-state index contributed by atoms with van der Waals surface area (Å²) in [4.78, 5) is 12.3. The number of nitrogens with one attached hydrogen (secondary N) is 1. The molecule has 1 amide bonds. The molecule has 146 valence electrons. The number of carbonyl (C=O) groups is 1. The minimum absolute atomic E-state index is 0.00582. The first-order chi connectivity index (χ1) is 12.1. The second-order valence-electron chi connectivity index (χ2n) is 6.84. The molecule has 1 fully saturated rings. The Morgan fingerprint density at radius 3 is 2.15 bits per heavy atom. The Kier molecular flexibility index (Phi) is 6.71. The standard InChI is InChI=1S/C18H24F3NO3S/c1-13(17(23)22-16-6-4-2-3-5-7-16)26(24,25)12-14-8-10-15(11-9-14)18(19,20)21/h8-11,13,16H,2-7,12H2,1H3,(H,22,23). The average Bonchev–Trinajstić information content (AvgIpc) is 2.82. The molecule has 0 aromatic heterocycles. The van der Waals surface area contributed by atoms with Crippen molar-refractivity contribution in [1.82, 2.24) is 5.32 Å². The zero-order valence-corrected chi connectivity index (χ0v) is 15.5. The van der Waals surface area contributed by atoms with Gasteiger partial charge in [-0.05, 0) is 37.5 Å². The SMILES string of the molecule is CC(C(=O)NC1CCCCCC1)S(=O)(=O)Cc1ccc(C(F)(F)F)cc1. The maximum atomic E-state index is 12.6. The van der Waals surface area contributed by atoms with Crippen LogP contribution in [0.5, 0.6) is 0 Å². The third-order valence-corrected chi connectivity index (χ3v) is 6.79. The van der Waals surface area contributed by atoms with Crippen molar-refractivity contribution >= 4 is 15.7 Å². The first kappa shape index (κ1) is 20.7. The summed E-state index contributed by atoms with van der Waals surface area (Å²) in [6, 6.07) is 3.96. The van der Waals surface area contributed by atoms with Crippen molar-refractivity contribution in [3.05, 3.63) is 35.4 Å². The minimum atomic E-state index is -4.47. The molecular formula is C18H24F3NO3S. The molecule has 26 heavy (non-hydrogen) atoms. The number of hydrogen-bond acceptors (Lipinski definition) is 3. The van der Waals surface area contributed by atoms with E-state index < -0.39 is 38.5 Å². The van der Waals surface area contributed by atoms with Crippen LogP contribution in [-0.4, -0.2) is 25.6 Å². The highest BCUT2D eigenvalue weighted by atomic mass is 32.2. The van der Waals surface area contributed by atoms with E-state index in [2.05, 4.69) is 5.32 Å². The van der Waals surface area contributed by atoms with Gasteiger partial charge in [0.1, 0.15) is 5.25 Å². The van der Waals surface area contributed by atoms with E-state index in [-0.39, 0.29) is 11.6 Å². The van der Waals surface area contributed by atoms with E-state index >= 15 is 0 Å². The van der Waals surface area contributed by atoms with E-state index in [4.69, 9.17) is 0 Å². The molecule has 1 aromatic carbocycles. The van der Waals surface area contributed by atoms with E-state index in [1.165, 1.54) is 6.92 Å². The molecule has 1 saturated carbocycles. The van der Waals surface area contributed by atoms with Crippen LogP contribution < -0.4 is 5.32 Å². The van der Waals surface area contributed by atoms with Crippen LogP contribution in [-0.2, 0) is 26.6 Å². The lowest BCUT2D eigenvalue weighted by atomic mass is 10.1. The molecule has 0 heterocycles. The third-order valence-electron chi connectivity index (χ3n) is 4.76. The maximum absolute atomic E-state index is 12.6. The Morgan fingerprint density at radius 2 is 1.65 bits per heavy atom. The molecular weight excluding hydrogens is 367 g/mol. The summed E-state index contributed by atoms with van der Waals surface area (Å²) in [5.41, 5.74) is -0.607. The van der Waals surface area contributed by atoms with Crippen molar-refractivity contribution in [2.24, 2.45) is 0 Å². The average molecular weight is 391 g/mol. The number of halogens is 3. The van der Waals surface area contributed by atoms with Crippen LogP contribution in [0.1, 0.15) is 56.6 Å². The molecule has 0 saturated heterocycles. The molecule has 0 aliphatic heterocycles. The fourth-order valence-corrected chi connectivity index (χ4v) is 4.35. The van der Waals surface area contributed by atoms with Gasteiger partial charge in [0, 0.05) is 6.04 Å². The van der Waals surface area contributed by atoms with Crippen LogP contribution in [0.2, 0.25) is 0 Å². The zero-order valence-electron chi connectivity index (χ0n) is 14.7. The van der Waals surface area contributed by atoms with E-state index in [1.54, 1.807) is 0 Å². The molecule has 1 aliphatic rings. The molecule has 0 radical (unpaired) electrons. The first-order valence-corrected chi connectivity index (χ1v) is 10.5. The van der Waals surface area contributed by atoms with Crippen LogP contribution in [0.3, 0.4) is 0 Å². The van der Waals surface area contributed by atoms with Gasteiger partial charge in [-0.1, -0.05) is 37.8 Å². The van der Waals surface area contributed by atoms with Gasteiger partial charge in [0.2, 0.25) is 5.91 Å². The second-order valence-corrected chi connectivity index (χ2v) is 9.16. The summed E-state index contributed by atoms with van der Waals surface area (Å²) >= 11 is 0. The van der Waals surface area contributed by atoms with Gasteiger partial charge in [0.05, 0.1) is 11.3 Å². The van der Waals surface area contributed by atoms with Crippen LogP contribution in [0.4, 0.5) is 13.2 Å². The van der Waals surface area contributed by atoms with Crippen LogP contribution >= 0.6 is 0 Å². The highest BCUT2D eigenvalue weighted by molar-refractivity contribution is 7.92. The van der Waals surface area contributed by atoms with Crippen molar-refractivity contribution < 1.29 is 26.4 Å². The molecule has 1 aromatic rings. The highest BCUT2D eigenvalue weighted by Gasteiger charge is 2.32. The second kappa shape index (κ2) is 8.41. The zero-order chi connectivity index (χ0) is 19.4. The summed E-state index contributed by atoms with van der Waals surface area (Å²) in [6.45, 7) is 1.32. The Labute approximate surface area is 152 Å². The van der Waals surface area contributed by atoms with Gasteiger partial charge in [0.15, 0.2) is 9.84 Å². The van der Waals surface area contributed by atoms with Gasteiger partial charge in [-0.25, -0.2) is 8.42 Å². The maximum Gasteiger partial charge on any atom is 0.416 e. The molecule has 2 rings (SSSR count). The quantitative estimate of drug-likeness (QED) is 0.776. The Hall–Kier alpha value is -1.57. The topological polar surface area (TPSA) is 63.2 Å². The van der Waals surface area contributed by atoms with Crippen LogP contribution in [0.25, 0.3) is 0 Å². The molecule has 4 nitrogen and oxygen atoms in total. The van der Waals surface area contributed by atoms with Crippen molar-refractivity contribution in [2.45, 2.75) is 68.7 Å². The number of hydrogen-bond donors (Lipinski definition) is 1. The summed E-state index contributed by atoms with van der Waals surface area (Å²) in [6.07, 6.45) is 1.48. The van der Waals surface area contributed by atoms with E-state index in [1.807, 2.05) is 0 Å². The summed E-state index contributed by atoms with van der Waals surface area (Å²) < 4.78 is 62.6. The van der Waals surface area contributed by atoms with Gasteiger partial charge in [-0.15, -0.1) is 0 Å². The molecule has 0 spiro atoms. The third kappa shape index (κ3) is 5.72. The lowest BCUT2D eigenvalue weighted by molar-refractivity contribution is -0.137. The van der Waals surface area contributed by atoms with Crippen molar-refractivity contribution in [1.29, 1.82) is 0 Å². The Bertz CT molecular complexity index is 706. The first-order valence-electron chi connectivity index (χ1n) is 8.77. The number of carbonyl (C=O) groups excluding carboxylic acids is 1. The predicted octanol–water partition coefficient (Wildman–Crippen LogP) is 3.85. The lowest BCUT2D eigenvalue weighted by Crippen LogP contribution is -2.43. The van der Waals surface area contributed by atoms with Gasteiger partial charge in [-0.3, -0.25) is 4.79 Å². The fourth-order valence-electron chi connectivity index (χ4n) is 3.05. The Balaban J connectivity index is 2.00. The largest absolute Gasteiger partial charge is 0.416 e. The number of benzene rings is 1. The van der Waals surface area contributed by atoms with Gasteiger partial charge in [0.25, 0.3) is 0 Å². The Morgan fingerprint density at radius 1 is 1.12 bits per heavy atom. The fraction of sp³-hybridized carbons (Fsp3) is 0.611. The summed E-state index contributed by atoms with van der Waals surface area (Å²) in [7, 11) is -3.81. The molecule has 8 heteroatoms. The molecule has 1 unspecified atom stereocenters. The lowest BCUT2D eigenvalue weighted by Gasteiger charge is -2.19. The number of amides is 1. The highest BCUT2D eigenvalue weighted by Crippen LogP contribution is 2.29. The molecule has 1 aliphatic carbocycles. The van der Waals surface area contributed by atoms with E-state index in [9.17, 15) is 26.4 Å². The van der Waals surface area contributed by atoms with Gasteiger partial charge < -0.3 is 5.32 Å². The van der Waals surface area contributed by atoms with E-state index in [0.717, 1.165) is 62.8 Å². The number of alkyl halides is 3. The van der Waals surface area contributed by atoms with Crippen molar-refractivity contribution in [3.8, 4) is 0 Å². The number of rotatable bonds is 5.